The van der Waals surface area contributed by atoms with E-state index in [-0.39, 0.29) is 6.04 Å². The first-order valence-electron chi connectivity index (χ1n) is 6.78. The number of nitrogens with one attached hydrogen (secondary N) is 1. The largest absolute Gasteiger partial charge is 0.454 e. The van der Waals surface area contributed by atoms with Crippen LogP contribution in [0, 0.1) is 0 Å². The number of benzene rings is 1. The highest BCUT2D eigenvalue weighted by atomic mass is 16.7. The van der Waals surface area contributed by atoms with E-state index in [0.29, 0.717) is 6.79 Å². The molecule has 0 amide bonds. The molecule has 1 unspecified atom stereocenters. The second-order valence-corrected chi connectivity index (χ2v) is 4.76. The van der Waals surface area contributed by atoms with Gasteiger partial charge in [-0.3, -0.25) is 0 Å². The fourth-order valence-corrected chi connectivity index (χ4v) is 2.24. The number of ether oxygens (including phenoxy) is 2. The van der Waals surface area contributed by atoms with E-state index in [1.807, 2.05) is 16.8 Å². The van der Waals surface area contributed by atoms with Crippen LogP contribution in [0.2, 0.25) is 0 Å². The highest BCUT2D eigenvalue weighted by Gasteiger charge is 2.15. The van der Waals surface area contributed by atoms with E-state index in [2.05, 4.69) is 35.5 Å². The van der Waals surface area contributed by atoms with Gasteiger partial charge >= 0.3 is 0 Å². The zero-order valence-corrected chi connectivity index (χ0v) is 11.7. The van der Waals surface area contributed by atoms with E-state index in [1.165, 1.54) is 5.56 Å². The average molecular weight is 274 g/mol. The van der Waals surface area contributed by atoms with E-state index in [1.54, 1.807) is 6.20 Å². The van der Waals surface area contributed by atoms with E-state index in [0.717, 1.165) is 30.3 Å². The average Bonchev–Trinajstić information content (AvgIpc) is 3.12. The summed E-state index contributed by atoms with van der Waals surface area (Å²) in [6.07, 6.45) is 1.79. The van der Waals surface area contributed by atoms with Crippen LogP contribution in [0.25, 0.3) is 0 Å². The molecule has 0 spiro atoms. The molecular formula is C14H18N4O2. The highest BCUT2D eigenvalue weighted by molar-refractivity contribution is 5.45. The Balaban J connectivity index is 1.66. The van der Waals surface area contributed by atoms with Crippen LogP contribution >= 0.6 is 0 Å². The molecule has 1 aromatic heterocycles. The Morgan fingerprint density at radius 2 is 2.20 bits per heavy atom. The fourth-order valence-electron chi connectivity index (χ4n) is 2.24. The first-order valence-corrected chi connectivity index (χ1v) is 6.78. The fraction of sp³-hybridized carbons (Fsp3) is 0.429. The number of nitrogens with zero attached hydrogens (tertiary/aromatic N) is 3. The Morgan fingerprint density at radius 1 is 1.35 bits per heavy atom. The maximum absolute atomic E-state index is 5.40. The molecule has 2 heterocycles. The van der Waals surface area contributed by atoms with Crippen LogP contribution in [0.5, 0.6) is 11.5 Å². The van der Waals surface area contributed by atoms with Gasteiger partial charge in [-0.1, -0.05) is 11.3 Å². The van der Waals surface area contributed by atoms with Gasteiger partial charge in [-0.05, 0) is 31.5 Å². The summed E-state index contributed by atoms with van der Waals surface area (Å²) >= 11 is 0. The smallest absolute Gasteiger partial charge is 0.231 e. The van der Waals surface area contributed by atoms with Crippen LogP contribution in [0.1, 0.15) is 31.1 Å². The van der Waals surface area contributed by atoms with Crippen molar-refractivity contribution in [1.82, 2.24) is 20.3 Å². The molecule has 1 N–H and O–H groups in total. The van der Waals surface area contributed by atoms with Gasteiger partial charge in [0, 0.05) is 19.1 Å². The molecule has 1 aromatic carbocycles. The Morgan fingerprint density at radius 3 is 3.05 bits per heavy atom. The number of hydrogen-bond acceptors (Lipinski definition) is 5. The van der Waals surface area contributed by atoms with Crippen molar-refractivity contribution < 1.29 is 9.47 Å². The van der Waals surface area contributed by atoms with Crippen molar-refractivity contribution in [2.45, 2.75) is 33.0 Å². The molecule has 0 saturated carbocycles. The van der Waals surface area contributed by atoms with Gasteiger partial charge < -0.3 is 14.8 Å². The molecule has 0 saturated heterocycles. The summed E-state index contributed by atoms with van der Waals surface area (Å²) in [5.74, 6) is 1.63. The lowest BCUT2D eigenvalue weighted by Gasteiger charge is -2.14. The molecule has 3 rings (SSSR count). The summed E-state index contributed by atoms with van der Waals surface area (Å²) in [4.78, 5) is 0. The summed E-state index contributed by atoms with van der Waals surface area (Å²) in [7, 11) is 0. The standard InChI is InChI=1S/C14H18N4O2/c1-3-18-12(8-16-17-18)7-15-10(2)11-4-5-13-14(6-11)20-9-19-13/h4-6,8,10,15H,3,7,9H2,1-2H3. The monoisotopic (exact) mass is 274 g/mol. The third-order valence-corrected chi connectivity index (χ3v) is 3.48. The van der Waals surface area contributed by atoms with Gasteiger partial charge in [-0.25, -0.2) is 4.68 Å². The minimum absolute atomic E-state index is 0.213. The molecule has 1 atom stereocenters. The van der Waals surface area contributed by atoms with Gasteiger partial charge in [0.05, 0.1) is 11.9 Å². The highest BCUT2D eigenvalue weighted by Crippen LogP contribution is 2.34. The minimum Gasteiger partial charge on any atom is -0.454 e. The predicted molar refractivity (Wildman–Crippen MR) is 73.5 cm³/mol. The third kappa shape index (κ3) is 2.46. The Bertz CT molecular complexity index is 597. The van der Waals surface area contributed by atoms with Crippen LogP contribution in [-0.2, 0) is 13.1 Å². The van der Waals surface area contributed by atoms with Crippen molar-refractivity contribution in [1.29, 1.82) is 0 Å². The Hall–Kier alpha value is -2.08. The van der Waals surface area contributed by atoms with Crippen molar-refractivity contribution in [3.8, 4) is 11.5 Å². The first-order chi connectivity index (χ1) is 9.78. The lowest BCUT2D eigenvalue weighted by Crippen LogP contribution is -2.20. The lowest BCUT2D eigenvalue weighted by atomic mass is 10.1. The van der Waals surface area contributed by atoms with Gasteiger partial charge in [0.15, 0.2) is 11.5 Å². The van der Waals surface area contributed by atoms with Crippen LogP contribution < -0.4 is 14.8 Å². The number of aryl methyl sites for hydroxylation is 1. The molecule has 0 radical (unpaired) electrons. The van der Waals surface area contributed by atoms with Gasteiger partial charge in [0.25, 0.3) is 0 Å². The molecule has 0 bridgehead atoms. The molecule has 2 aromatic rings. The van der Waals surface area contributed by atoms with Crippen molar-refractivity contribution in [2.24, 2.45) is 0 Å². The summed E-state index contributed by atoms with van der Waals surface area (Å²) in [5.41, 5.74) is 2.25. The maximum atomic E-state index is 5.40. The number of rotatable bonds is 5. The second kappa shape index (κ2) is 5.50. The van der Waals surface area contributed by atoms with E-state index < -0.39 is 0 Å². The molecule has 0 fully saturated rings. The van der Waals surface area contributed by atoms with E-state index in [4.69, 9.17) is 9.47 Å². The Labute approximate surface area is 117 Å². The SMILES string of the molecule is CCn1nncc1CNC(C)c1ccc2c(c1)OCO2. The lowest BCUT2D eigenvalue weighted by molar-refractivity contribution is 0.174. The maximum Gasteiger partial charge on any atom is 0.231 e. The zero-order valence-electron chi connectivity index (χ0n) is 11.7. The van der Waals surface area contributed by atoms with Gasteiger partial charge in [-0.2, -0.15) is 0 Å². The molecule has 0 aliphatic carbocycles. The summed E-state index contributed by atoms with van der Waals surface area (Å²) < 4.78 is 12.6. The van der Waals surface area contributed by atoms with Crippen LogP contribution in [-0.4, -0.2) is 21.8 Å². The van der Waals surface area contributed by atoms with E-state index >= 15 is 0 Å². The summed E-state index contributed by atoms with van der Waals surface area (Å²) in [6, 6.07) is 6.24. The quantitative estimate of drug-likeness (QED) is 0.902. The van der Waals surface area contributed by atoms with Crippen LogP contribution in [0.4, 0.5) is 0 Å². The molecule has 6 nitrogen and oxygen atoms in total. The molecule has 20 heavy (non-hydrogen) atoms. The van der Waals surface area contributed by atoms with Gasteiger partial charge in [0.1, 0.15) is 0 Å². The van der Waals surface area contributed by atoms with E-state index in [9.17, 15) is 0 Å². The number of hydrogen-bond donors (Lipinski definition) is 1. The normalized spacial score (nSPS) is 14.5. The Kier molecular flexibility index (Phi) is 3.56. The summed E-state index contributed by atoms with van der Waals surface area (Å²) in [6.45, 7) is 6.05. The van der Waals surface area contributed by atoms with Crippen LogP contribution in [0.15, 0.2) is 24.4 Å². The third-order valence-electron chi connectivity index (χ3n) is 3.48. The molecular weight excluding hydrogens is 256 g/mol. The van der Waals surface area contributed by atoms with Crippen molar-refractivity contribution in [2.75, 3.05) is 6.79 Å². The summed E-state index contributed by atoms with van der Waals surface area (Å²) in [5, 5.41) is 11.4. The second-order valence-electron chi connectivity index (χ2n) is 4.76. The minimum atomic E-state index is 0.213. The molecule has 1 aliphatic heterocycles. The number of aromatic nitrogens is 3. The first kappa shape index (κ1) is 12.9. The predicted octanol–water partition coefficient (Wildman–Crippen LogP) is 1.88. The van der Waals surface area contributed by atoms with Crippen LogP contribution in [0.3, 0.4) is 0 Å². The van der Waals surface area contributed by atoms with Crippen molar-refractivity contribution in [3.05, 3.63) is 35.7 Å². The van der Waals surface area contributed by atoms with Gasteiger partial charge in [-0.15, -0.1) is 5.10 Å². The molecule has 1 aliphatic rings. The zero-order chi connectivity index (χ0) is 13.9. The van der Waals surface area contributed by atoms with Crippen molar-refractivity contribution in [3.63, 3.8) is 0 Å². The topological polar surface area (TPSA) is 61.2 Å². The molecule has 6 heteroatoms. The number of fused-ring (bicyclic) bond motifs is 1. The molecule has 106 valence electrons. The van der Waals surface area contributed by atoms with Crippen molar-refractivity contribution >= 4 is 0 Å². The van der Waals surface area contributed by atoms with Gasteiger partial charge in [0.2, 0.25) is 6.79 Å².